The van der Waals surface area contributed by atoms with Gasteiger partial charge in [0.25, 0.3) is 5.91 Å². The molecule has 7 heteroatoms. The molecule has 1 aromatic carbocycles. The lowest BCUT2D eigenvalue weighted by Gasteiger charge is -2.19. The van der Waals surface area contributed by atoms with Crippen LogP contribution in [0.4, 0.5) is 0 Å². The topological polar surface area (TPSA) is 45.8 Å². The van der Waals surface area contributed by atoms with Gasteiger partial charge in [0.2, 0.25) is 0 Å². The van der Waals surface area contributed by atoms with Gasteiger partial charge in [-0.25, -0.2) is 5.01 Å². The van der Waals surface area contributed by atoms with Crippen LogP contribution < -0.4 is 0 Å². The van der Waals surface area contributed by atoms with Gasteiger partial charge in [-0.2, -0.15) is 5.10 Å². The maximum Gasteiger partial charge on any atom is 0.253 e. The van der Waals surface area contributed by atoms with Crippen molar-refractivity contribution in [3.8, 4) is 0 Å². The molecule has 0 unspecified atom stereocenters. The van der Waals surface area contributed by atoms with Crippen LogP contribution in [0.3, 0.4) is 0 Å². The van der Waals surface area contributed by atoms with Crippen LogP contribution in [0.5, 0.6) is 0 Å². The van der Waals surface area contributed by atoms with Crippen LogP contribution >= 0.6 is 34.7 Å². The molecule has 132 valence electrons. The van der Waals surface area contributed by atoms with E-state index < -0.39 is 0 Å². The fourth-order valence-electron chi connectivity index (χ4n) is 2.80. The van der Waals surface area contributed by atoms with Gasteiger partial charge in [0, 0.05) is 11.3 Å². The number of hydrazone groups is 1. The van der Waals surface area contributed by atoms with Crippen LogP contribution in [-0.2, 0) is 4.79 Å². The van der Waals surface area contributed by atoms with E-state index in [1.54, 1.807) is 22.6 Å². The third-order valence-electron chi connectivity index (χ3n) is 4.03. The van der Waals surface area contributed by atoms with Crippen molar-refractivity contribution in [1.82, 2.24) is 5.01 Å². The average molecular weight is 403 g/mol. The number of benzene rings is 1. The van der Waals surface area contributed by atoms with Crippen LogP contribution in [0.2, 0.25) is 5.02 Å². The first-order valence-electron chi connectivity index (χ1n) is 8.06. The molecule has 4 rings (SSSR count). The molecule has 2 aromatic heterocycles. The Balaban J connectivity index is 1.54. The molecule has 0 saturated carbocycles. The standard InChI is InChI=1S/C19H15ClN2O2S2/c20-13-5-1-2-7-17(13)26-12-19(23)22-15(16-6-3-9-24-16)11-14(21-22)18-8-4-10-25-18/h1-10,15H,11-12H2/t15-/m0/s1. The number of hydrogen-bond donors (Lipinski definition) is 0. The monoisotopic (exact) mass is 402 g/mol. The molecule has 1 aliphatic heterocycles. The average Bonchev–Trinajstić information content (AvgIpc) is 3.41. The molecule has 3 heterocycles. The molecule has 0 fully saturated rings. The minimum Gasteiger partial charge on any atom is -0.467 e. The smallest absolute Gasteiger partial charge is 0.253 e. The molecule has 0 N–H and O–H groups in total. The van der Waals surface area contributed by atoms with Gasteiger partial charge >= 0.3 is 0 Å². The molecular weight excluding hydrogens is 388 g/mol. The summed E-state index contributed by atoms with van der Waals surface area (Å²) in [4.78, 5) is 14.8. The number of carbonyl (C=O) groups excluding carboxylic acids is 1. The molecule has 0 spiro atoms. The van der Waals surface area contributed by atoms with Crippen molar-refractivity contribution < 1.29 is 9.21 Å². The fourth-order valence-corrected chi connectivity index (χ4v) is 4.61. The summed E-state index contributed by atoms with van der Waals surface area (Å²) in [6, 6.07) is 15.0. The van der Waals surface area contributed by atoms with E-state index in [4.69, 9.17) is 16.0 Å². The van der Waals surface area contributed by atoms with E-state index >= 15 is 0 Å². The lowest BCUT2D eigenvalue weighted by Crippen LogP contribution is -2.28. The predicted octanol–water partition coefficient (Wildman–Crippen LogP) is 5.46. The predicted molar refractivity (Wildman–Crippen MR) is 106 cm³/mol. The van der Waals surface area contributed by atoms with Crippen molar-refractivity contribution in [3.05, 3.63) is 75.8 Å². The fraction of sp³-hybridized carbons (Fsp3) is 0.158. The highest BCUT2D eigenvalue weighted by atomic mass is 35.5. The summed E-state index contributed by atoms with van der Waals surface area (Å²) in [5, 5.41) is 8.82. The van der Waals surface area contributed by atoms with Gasteiger partial charge in [-0.3, -0.25) is 4.79 Å². The van der Waals surface area contributed by atoms with Crippen LogP contribution in [0.1, 0.15) is 23.1 Å². The number of halogens is 1. The lowest BCUT2D eigenvalue weighted by atomic mass is 10.1. The Kier molecular flexibility index (Phi) is 5.15. The maximum absolute atomic E-state index is 12.9. The zero-order valence-electron chi connectivity index (χ0n) is 13.7. The van der Waals surface area contributed by atoms with Gasteiger partial charge < -0.3 is 4.42 Å². The Morgan fingerprint density at radius 3 is 2.88 bits per heavy atom. The van der Waals surface area contributed by atoms with Crippen molar-refractivity contribution in [2.24, 2.45) is 5.10 Å². The van der Waals surface area contributed by atoms with E-state index in [1.165, 1.54) is 11.8 Å². The number of rotatable bonds is 5. The van der Waals surface area contributed by atoms with E-state index in [-0.39, 0.29) is 17.7 Å². The molecule has 1 amide bonds. The van der Waals surface area contributed by atoms with Crippen LogP contribution in [0.15, 0.2) is 74.6 Å². The van der Waals surface area contributed by atoms with Gasteiger partial charge in [0.05, 0.1) is 27.6 Å². The number of amides is 1. The lowest BCUT2D eigenvalue weighted by molar-refractivity contribution is -0.130. The van der Waals surface area contributed by atoms with Gasteiger partial charge in [0.15, 0.2) is 0 Å². The zero-order valence-corrected chi connectivity index (χ0v) is 16.1. The number of nitrogens with zero attached hydrogens (tertiary/aromatic N) is 2. The molecule has 4 nitrogen and oxygen atoms in total. The molecule has 1 atom stereocenters. The van der Waals surface area contributed by atoms with Crippen molar-refractivity contribution in [2.75, 3.05) is 5.75 Å². The number of furan rings is 1. The van der Waals surface area contributed by atoms with E-state index in [9.17, 15) is 4.79 Å². The number of hydrogen-bond acceptors (Lipinski definition) is 5. The highest BCUT2D eigenvalue weighted by molar-refractivity contribution is 8.00. The number of thioether (sulfide) groups is 1. The highest BCUT2D eigenvalue weighted by Crippen LogP contribution is 2.35. The molecule has 3 aromatic rings. The number of carbonyl (C=O) groups is 1. The maximum atomic E-state index is 12.9. The van der Waals surface area contributed by atoms with Crippen molar-refractivity contribution in [2.45, 2.75) is 17.4 Å². The first-order valence-corrected chi connectivity index (χ1v) is 10.3. The summed E-state index contributed by atoms with van der Waals surface area (Å²) in [5.74, 6) is 0.946. The third-order valence-corrected chi connectivity index (χ3v) is 6.45. The Hall–Kier alpha value is -2.02. The van der Waals surface area contributed by atoms with E-state index in [2.05, 4.69) is 5.10 Å². The number of thiophene rings is 1. The summed E-state index contributed by atoms with van der Waals surface area (Å²) in [5.41, 5.74) is 0.914. The molecule has 0 aliphatic carbocycles. The van der Waals surface area contributed by atoms with E-state index in [0.29, 0.717) is 11.4 Å². The van der Waals surface area contributed by atoms with E-state index in [1.807, 2.05) is 53.9 Å². The largest absolute Gasteiger partial charge is 0.467 e. The molecule has 0 radical (unpaired) electrons. The Labute approximate surface area is 164 Å². The second kappa shape index (κ2) is 7.70. The zero-order chi connectivity index (χ0) is 17.9. The minimum atomic E-state index is -0.207. The van der Waals surface area contributed by atoms with Crippen LogP contribution in [0.25, 0.3) is 0 Å². The summed E-state index contributed by atoms with van der Waals surface area (Å²) in [6.45, 7) is 0. The molecule has 0 saturated heterocycles. The summed E-state index contributed by atoms with van der Waals surface area (Å²) in [6.07, 6.45) is 2.27. The normalized spacial score (nSPS) is 16.7. The molecule has 26 heavy (non-hydrogen) atoms. The van der Waals surface area contributed by atoms with Gasteiger partial charge in [0.1, 0.15) is 11.8 Å². The van der Waals surface area contributed by atoms with Crippen molar-refractivity contribution >= 4 is 46.3 Å². The summed E-state index contributed by atoms with van der Waals surface area (Å²) >= 11 is 9.22. The van der Waals surface area contributed by atoms with Crippen molar-refractivity contribution in [3.63, 3.8) is 0 Å². The Morgan fingerprint density at radius 2 is 2.15 bits per heavy atom. The van der Waals surface area contributed by atoms with Gasteiger partial charge in [-0.05, 0) is 35.7 Å². The highest BCUT2D eigenvalue weighted by Gasteiger charge is 2.35. The molecule has 0 bridgehead atoms. The van der Waals surface area contributed by atoms with E-state index in [0.717, 1.165) is 21.2 Å². The second-order valence-corrected chi connectivity index (χ2v) is 8.09. The molecular formula is C19H15ClN2O2S2. The Bertz CT molecular complexity index is 923. The summed E-state index contributed by atoms with van der Waals surface area (Å²) < 4.78 is 5.55. The Morgan fingerprint density at radius 1 is 1.27 bits per heavy atom. The van der Waals surface area contributed by atoms with Gasteiger partial charge in [-0.15, -0.1) is 23.1 Å². The quantitative estimate of drug-likeness (QED) is 0.532. The second-order valence-electron chi connectivity index (χ2n) is 5.72. The first kappa shape index (κ1) is 17.4. The van der Waals surface area contributed by atoms with Crippen LogP contribution in [-0.4, -0.2) is 22.4 Å². The first-order chi connectivity index (χ1) is 12.7. The summed E-state index contributed by atoms with van der Waals surface area (Å²) in [7, 11) is 0. The third kappa shape index (κ3) is 3.58. The molecule has 1 aliphatic rings. The minimum absolute atomic E-state index is 0.0668. The van der Waals surface area contributed by atoms with Gasteiger partial charge in [-0.1, -0.05) is 29.8 Å². The SMILES string of the molecule is O=C(CSc1ccccc1Cl)N1N=C(c2cccs2)C[C@H]1c1ccco1. The van der Waals surface area contributed by atoms with Crippen molar-refractivity contribution in [1.29, 1.82) is 0 Å². The van der Waals surface area contributed by atoms with Crippen LogP contribution in [0, 0.1) is 0 Å².